The van der Waals surface area contributed by atoms with Gasteiger partial charge < -0.3 is 8.98 Å². The van der Waals surface area contributed by atoms with Gasteiger partial charge in [0, 0.05) is 27.2 Å². The van der Waals surface area contributed by atoms with Crippen molar-refractivity contribution in [2.75, 3.05) is 0 Å². The number of hydrogen-bond acceptors (Lipinski definition) is 1. The largest absolute Gasteiger partial charge is 0.454 e. The van der Waals surface area contributed by atoms with Crippen LogP contribution in [0.2, 0.25) is 0 Å². The van der Waals surface area contributed by atoms with Crippen molar-refractivity contribution in [1.29, 1.82) is 0 Å². The van der Waals surface area contributed by atoms with Gasteiger partial charge in [0.25, 0.3) is 0 Å². The predicted molar refractivity (Wildman–Crippen MR) is 150 cm³/mol. The molecule has 0 saturated carbocycles. The molecule has 4 aromatic carbocycles. The van der Waals surface area contributed by atoms with Gasteiger partial charge in [0.1, 0.15) is 11.1 Å². The van der Waals surface area contributed by atoms with Crippen molar-refractivity contribution < 1.29 is 4.42 Å². The molecule has 3 nitrogen and oxygen atoms in total. The Kier molecular flexibility index (Phi) is 3.75. The van der Waals surface area contributed by atoms with Crippen LogP contribution in [-0.4, -0.2) is 7.35 Å². The van der Waals surface area contributed by atoms with Crippen molar-refractivity contribution in [3.05, 3.63) is 96.2 Å². The number of aryl methyl sites for hydroxylation is 1. The first-order valence-electron chi connectivity index (χ1n) is 11.6. The number of fused-ring (bicyclic) bond motifs is 12. The van der Waals surface area contributed by atoms with E-state index in [9.17, 15) is 0 Å². The van der Waals surface area contributed by atoms with Crippen LogP contribution in [0.1, 0.15) is 17.7 Å². The molecule has 4 heteroatoms. The summed E-state index contributed by atoms with van der Waals surface area (Å²) < 4.78 is 11.4. The molecule has 34 heavy (non-hydrogen) atoms. The summed E-state index contributed by atoms with van der Waals surface area (Å²) in [6, 6.07) is 28.0. The first-order chi connectivity index (χ1) is 16.8. The van der Waals surface area contributed by atoms with E-state index < -0.39 is 0 Å². The lowest BCUT2D eigenvalue weighted by Gasteiger charge is -2.09. The molecule has 8 rings (SSSR count). The Morgan fingerprint density at radius 2 is 1.50 bits per heavy atom. The zero-order chi connectivity index (χ0) is 22.4. The molecule has 1 aliphatic rings. The van der Waals surface area contributed by atoms with Crippen LogP contribution < -0.4 is 0 Å². The lowest BCUT2D eigenvalue weighted by atomic mass is 9.96. The minimum atomic E-state index is 0.933. The van der Waals surface area contributed by atoms with Gasteiger partial charge in [-0.3, -0.25) is 2.78 Å². The Morgan fingerprint density at radius 3 is 2.38 bits per heavy atom. The van der Waals surface area contributed by atoms with E-state index in [1.807, 2.05) is 0 Å². The Hall–Kier alpha value is -3.51. The van der Waals surface area contributed by atoms with Gasteiger partial charge in [-0.15, -0.1) is 0 Å². The van der Waals surface area contributed by atoms with E-state index in [4.69, 9.17) is 4.42 Å². The second kappa shape index (κ2) is 6.76. The first-order valence-corrected chi connectivity index (χ1v) is 12.6. The molecular weight excluding hydrogens is 531 g/mol. The zero-order valence-electron chi connectivity index (χ0n) is 18.3. The van der Waals surface area contributed by atoms with Crippen molar-refractivity contribution in [3.8, 4) is 5.69 Å². The number of rotatable bonds is 1. The predicted octanol–water partition coefficient (Wildman–Crippen LogP) is 8.80. The highest BCUT2D eigenvalue weighted by Crippen LogP contribution is 2.49. The second-order valence-electron chi connectivity index (χ2n) is 9.02. The summed E-state index contributed by atoms with van der Waals surface area (Å²) in [5, 5.41) is 6.31. The quantitative estimate of drug-likeness (QED) is 0.187. The molecule has 3 aromatic heterocycles. The van der Waals surface area contributed by atoms with E-state index in [2.05, 4.69) is 121 Å². The highest BCUT2D eigenvalue weighted by molar-refractivity contribution is 14.1. The third-order valence-electron chi connectivity index (χ3n) is 7.28. The van der Waals surface area contributed by atoms with E-state index in [0.717, 1.165) is 29.4 Å². The maximum atomic E-state index is 6.66. The molecule has 0 aliphatic heterocycles. The lowest BCUT2D eigenvalue weighted by Crippen LogP contribution is -1.94. The van der Waals surface area contributed by atoms with Crippen molar-refractivity contribution in [2.45, 2.75) is 12.8 Å². The van der Waals surface area contributed by atoms with Crippen LogP contribution in [0.3, 0.4) is 0 Å². The fourth-order valence-corrected chi connectivity index (χ4v) is 6.86. The first kappa shape index (κ1) is 18.9. The maximum Gasteiger partial charge on any atom is 0.162 e. The zero-order valence-corrected chi connectivity index (χ0v) is 20.4. The Morgan fingerprint density at radius 1 is 0.735 bits per heavy atom. The molecule has 0 atom stereocenters. The van der Waals surface area contributed by atoms with Gasteiger partial charge in [-0.25, -0.2) is 0 Å². The summed E-state index contributed by atoms with van der Waals surface area (Å²) in [4.78, 5) is 0. The van der Waals surface area contributed by atoms with E-state index in [-0.39, 0.29) is 0 Å². The normalized spacial score (nSPS) is 13.7. The monoisotopic (exact) mass is 550 g/mol. The average molecular weight is 550 g/mol. The number of aromatic nitrogens is 2. The third-order valence-corrected chi connectivity index (χ3v) is 8.28. The number of nitrogens with zero attached hydrogens (tertiary/aromatic N) is 2. The molecule has 0 radical (unpaired) electrons. The average Bonchev–Trinajstić information content (AvgIpc) is 3.53. The topological polar surface area (TPSA) is 23.0 Å². The second-order valence-corrected chi connectivity index (χ2v) is 9.99. The van der Waals surface area contributed by atoms with E-state index in [1.165, 1.54) is 55.0 Å². The molecule has 0 N–H and O–H groups in total. The minimum Gasteiger partial charge on any atom is -0.454 e. The van der Waals surface area contributed by atoms with Crippen LogP contribution in [0.4, 0.5) is 0 Å². The van der Waals surface area contributed by atoms with E-state index >= 15 is 0 Å². The molecule has 0 saturated heterocycles. The van der Waals surface area contributed by atoms with Gasteiger partial charge >= 0.3 is 0 Å². The number of halogens is 1. The van der Waals surface area contributed by atoms with Gasteiger partial charge in [-0.05, 0) is 48.7 Å². The molecule has 0 spiro atoms. The Balaban J connectivity index is 1.79. The van der Waals surface area contributed by atoms with Gasteiger partial charge in [0.15, 0.2) is 5.58 Å². The molecule has 0 bridgehead atoms. The number of hydrogen-bond donors (Lipinski definition) is 0. The molecule has 0 unspecified atom stereocenters. The molecule has 162 valence electrons. The van der Waals surface area contributed by atoms with Crippen LogP contribution in [0.25, 0.3) is 66.4 Å². The fraction of sp³-hybridized carbons (Fsp3) is 0.0667. The van der Waals surface area contributed by atoms with Crippen LogP contribution in [-0.2, 0) is 6.42 Å². The summed E-state index contributed by atoms with van der Waals surface area (Å²) in [5.41, 5.74) is 9.43. The van der Waals surface area contributed by atoms with Gasteiger partial charge in [-0.1, -0.05) is 60.7 Å². The molecule has 1 aliphatic carbocycles. The lowest BCUT2D eigenvalue weighted by molar-refractivity contribution is 0.672. The molecular formula is C30H19IN2O. The Bertz CT molecular complexity index is 1970. The highest BCUT2D eigenvalue weighted by Gasteiger charge is 2.28. The maximum absolute atomic E-state index is 6.66. The number of para-hydroxylation sites is 3. The number of furan rings is 1. The van der Waals surface area contributed by atoms with Crippen LogP contribution in [0, 0.1) is 0 Å². The van der Waals surface area contributed by atoms with Crippen LogP contribution >= 0.6 is 22.9 Å². The van der Waals surface area contributed by atoms with Gasteiger partial charge in [0.2, 0.25) is 0 Å². The van der Waals surface area contributed by atoms with Crippen LogP contribution in [0.15, 0.2) is 89.4 Å². The summed E-state index contributed by atoms with van der Waals surface area (Å²) >= 11 is 2.46. The van der Waals surface area contributed by atoms with Crippen molar-refractivity contribution in [3.63, 3.8) is 0 Å². The third kappa shape index (κ3) is 2.27. The summed E-state index contributed by atoms with van der Waals surface area (Å²) in [5.74, 6) is 0. The Labute approximate surface area is 209 Å². The standard InChI is InChI=1S/C30H19IN2O/c31-33-23-16-8-5-13-20(23)26-25-19-12-4-7-15-22(19)32(18-10-2-1-3-11-18)28(25)27-21-14-6-9-17-24(21)34-30(27)29(26)33/h1-4,6-12,14-17H,5,13H2. The number of benzene rings is 4. The number of allylic oxidation sites excluding steroid dienone is 1. The van der Waals surface area contributed by atoms with Crippen molar-refractivity contribution >= 4 is 83.6 Å². The van der Waals surface area contributed by atoms with E-state index in [0.29, 0.717) is 0 Å². The molecule has 0 amide bonds. The molecule has 7 aromatic rings. The van der Waals surface area contributed by atoms with E-state index in [1.54, 1.807) is 0 Å². The van der Waals surface area contributed by atoms with Crippen molar-refractivity contribution in [2.24, 2.45) is 0 Å². The SMILES string of the molecule is In1c2c(c3c4c5ccccc5n(-c5ccccc5)c4c4c5ccccc5oc4c31)CCC=C2. The fourth-order valence-electron chi connectivity index (χ4n) is 5.94. The summed E-state index contributed by atoms with van der Waals surface area (Å²) in [6.07, 6.45) is 6.68. The van der Waals surface area contributed by atoms with Crippen LogP contribution in [0.5, 0.6) is 0 Å². The highest BCUT2D eigenvalue weighted by atomic mass is 127. The van der Waals surface area contributed by atoms with Gasteiger partial charge in [0.05, 0.1) is 45.0 Å². The minimum absolute atomic E-state index is 0.933. The molecule has 0 fully saturated rings. The smallest absolute Gasteiger partial charge is 0.162 e. The summed E-state index contributed by atoms with van der Waals surface area (Å²) in [6.45, 7) is 0. The van der Waals surface area contributed by atoms with Gasteiger partial charge in [-0.2, -0.15) is 0 Å². The summed E-state index contributed by atoms with van der Waals surface area (Å²) in [7, 11) is 0. The van der Waals surface area contributed by atoms with Crippen molar-refractivity contribution in [1.82, 2.24) is 7.35 Å². The molecule has 3 heterocycles.